The van der Waals surface area contributed by atoms with Crippen molar-refractivity contribution in [3.8, 4) is 0 Å². The van der Waals surface area contributed by atoms with Crippen LogP contribution in [0.3, 0.4) is 0 Å². The number of rotatable bonds is 7. The molecule has 2 amide bonds. The Morgan fingerprint density at radius 2 is 1.61 bits per heavy atom. The Labute approximate surface area is 181 Å². The molecule has 2 aromatic carbocycles. The highest BCUT2D eigenvalue weighted by Crippen LogP contribution is 2.70. The minimum Gasteiger partial charge on any atom is -0.427 e. The van der Waals surface area contributed by atoms with Gasteiger partial charge in [0, 0.05) is 5.56 Å². The van der Waals surface area contributed by atoms with E-state index in [0.717, 1.165) is 5.56 Å². The van der Waals surface area contributed by atoms with E-state index in [1.54, 1.807) is 36.9 Å². The predicted molar refractivity (Wildman–Crippen MR) is 115 cm³/mol. The highest BCUT2D eigenvalue weighted by molar-refractivity contribution is 7.55. The number of ether oxygens (including phenoxy) is 1. The fourth-order valence-corrected chi connectivity index (χ4v) is 6.51. The van der Waals surface area contributed by atoms with Crippen LogP contribution in [-0.4, -0.2) is 30.6 Å². The van der Waals surface area contributed by atoms with E-state index in [1.165, 1.54) is 6.92 Å². The quantitative estimate of drug-likeness (QED) is 0.645. The topological polar surface area (TPSA) is 94.2 Å². The normalized spacial score (nSPS) is 24.9. The molecule has 0 radical (unpaired) electrons. The number of alkyl carbamates (subject to hydrolysis) is 1. The number of amides is 2. The number of nitrogens with one attached hydrogen (secondary N) is 1. The zero-order chi connectivity index (χ0) is 22.3. The SMILES string of the molecule is CCOP(=O)(OCC)[C@@]1(C)OC(=O)N[C@]12C(=O)N(Cc1ccccc1)c1ccccc12. The van der Waals surface area contributed by atoms with E-state index >= 15 is 0 Å². The summed E-state index contributed by atoms with van der Waals surface area (Å²) in [5.74, 6) is -0.453. The second-order valence-corrected chi connectivity index (χ2v) is 9.84. The Morgan fingerprint density at radius 1 is 1.00 bits per heavy atom. The number of benzene rings is 2. The minimum atomic E-state index is -4.09. The number of hydrogen-bond acceptors (Lipinski definition) is 6. The minimum absolute atomic E-state index is 0.0596. The molecule has 2 aliphatic heterocycles. The van der Waals surface area contributed by atoms with Crippen LogP contribution in [0, 0.1) is 0 Å². The Morgan fingerprint density at radius 3 is 2.26 bits per heavy atom. The zero-order valence-electron chi connectivity index (χ0n) is 17.7. The van der Waals surface area contributed by atoms with Gasteiger partial charge < -0.3 is 18.7 Å². The van der Waals surface area contributed by atoms with E-state index in [0.29, 0.717) is 11.3 Å². The number of fused-ring (bicyclic) bond motifs is 2. The summed E-state index contributed by atoms with van der Waals surface area (Å²) in [4.78, 5) is 28.1. The first-order chi connectivity index (χ1) is 14.8. The van der Waals surface area contributed by atoms with Crippen molar-refractivity contribution in [3.63, 3.8) is 0 Å². The van der Waals surface area contributed by atoms with Crippen LogP contribution in [0.1, 0.15) is 31.9 Å². The predicted octanol–water partition coefficient (Wildman–Crippen LogP) is 4.15. The van der Waals surface area contributed by atoms with Crippen LogP contribution >= 0.6 is 7.60 Å². The van der Waals surface area contributed by atoms with E-state index in [4.69, 9.17) is 13.8 Å². The second-order valence-electron chi connectivity index (χ2n) is 7.47. The van der Waals surface area contributed by atoms with Crippen molar-refractivity contribution in [1.29, 1.82) is 0 Å². The average Bonchev–Trinajstić information content (AvgIpc) is 3.17. The first-order valence-corrected chi connectivity index (χ1v) is 11.7. The van der Waals surface area contributed by atoms with Gasteiger partial charge in [-0.2, -0.15) is 0 Å². The number of carbonyl (C=O) groups excluding carboxylic acids is 2. The van der Waals surface area contributed by atoms with Gasteiger partial charge in [-0.1, -0.05) is 48.5 Å². The molecule has 8 nitrogen and oxygen atoms in total. The Hall–Kier alpha value is -2.67. The van der Waals surface area contributed by atoms with Crippen LogP contribution in [0.25, 0.3) is 0 Å². The van der Waals surface area contributed by atoms with Crippen LogP contribution in [0.4, 0.5) is 10.5 Å². The van der Waals surface area contributed by atoms with Crippen molar-refractivity contribution in [3.05, 3.63) is 65.7 Å². The molecular formula is C22H25N2O6P. The van der Waals surface area contributed by atoms with Gasteiger partial charge in [-0.25, -0.2) is 4.79 Å². The Kier molecular flexibility index (Phi) is 5.41. The lowest BCUT2D eigenvalue weighted by atomic mass is 9.86. The lowest BCUT2D eigenvalue weighted by Gasteiger charge is -2.39. The molecule has 2 heterocycles. The van der Waals surface area contributed by atoms with Gasteiger partial charge in [0.1, 0.15) is 0 Å². The van der Waals surface area contributed by atoms with Crippen molar-refractivity contribution in [1.82, 2.24) is 5.32 Å². The molecule has 2 aromatic rings. The third-order valence-corrected chi connectivity index (χ3v) is 8.41. The fourth-order valence-electron chi connectivity index (χ4n) is 4.38. The lowest BCUT2D eigenvalue weighted by molar-refractivity contribution is -0.127. The number of cyclic esters (lactones) is 1. The van der Waals surface area contributed by atoms with Gasteiger partial charge in [0.2, 0.25) is 10.9 Å². The number of nitrogens with zero attached hydrogens (tertiary/aromatic N) is 1. The molecule has 0 saturated carbocycles. The molecule has 31 heavy (non-hydrogen) atoms. The van der Waals surface area contributed by atoms with Gasteiger partial charge in [-0.15, -0.1) is 0 Å². The molecule has 0 aromatic heterocycles. The third-order valence-electron chi connectivity index (χ3n) is 5.75. The molecule has 4 rings (SSSR count). The largest absolute Gasteiger partial charge is 0.427 e. The summed E-state index contributed by atoms with van der Waals surface area (Å²) in [7, 11) is -4.09. The molecule has 1 spiro atoms. The van der Waals surface area contributed by atoms with Gasteiger partial charge >= 0.3 is 13.7 Å². The van der Waals surface area contributed by atoms with Crippen LogP contribution in [0.2, 0.25) is 0 Å². The van der Waals surface area contributed by atoms with E-state index in [1.807, 2.05) is 36.4 Å². The molecule has 2 atom stereocenters. The average molecular weight is 444 g/mol. The third kappa shape index (κ3) is 3.01. The molecule has 0 bridgehead atoms. The molecule has 0 unspecified atom stereocenters. The maximum absolute atomic E-state index is 14.0. The summed E-state index contributed by atoms with van der Waals surface area (Å²) < 4.78 is 30.6. The van der Waals surface area contributed by atoms with Gasteiger partial charge in [-0.05, 0) is 32.4 Å². The summed E-state index contributed by atoms with van der Waals surface area (Å²) in [6.07, 6.45) is -0.855. The van der Waals surface area contributed by atoms with Crippen LogP contribution in [0.15, 0.2) is 54.6 Å². The first kappa shape index (κ1) is 21.6. The summed E-state index contributed by atoms with van der Waals surface area (Å²) in [5.41, 5.74) is 0.249. The lowest BCUT2D eigenvalue weighted by Crippen LogP contribution is -2.59. The smallest absolute Gasteiger partial charge is 0.409 e. The maximum atomic E-state index is 14.0. The van der Waals surface area contributed by atoms with Crippen LogP contribution in [0.5, 0.6) is 0 Å². The molecular weight excluding hydrogens is 419 g/mol. The molecule has 0 aliphatic carbocycles. The van der Waals surface area contributed by atoms with E-state index in [9.17, 15) is 14.2 Å². The number of anilines is 1. The van der Waals surface area contributed by atoms with Gasteiger partial charge in [0.15, 0.2) is 0 Å². The van der Waals surface area contributed by atoms with Crippen molar-refractivity contribution in [2.45, 2.75) is 38.2 Å². The van der Waals surface area contributed by atoms with Gasteiger partial charge in [0.25, 0.3) is 5.91 Å². The van der Waals surface area contributed by atoms with Crippen molar-refractivity contribution < 1.29 is 27.9 Å². The summed E-state index contributed by atoms with van der Waals surface area (Å²) in [6, 6.07) is 16.6. The molecule has 2 aliphatic rings. The first-order valence-electron chi connectivity index (χ1n) is 10.2. The van der Waals surface area contributed by atoms with Gasteiger partial charge in [0.05, 0.1) is 25.4 Å². The fraction of sp³-hybridized carbons (Fsp3) is 0.364. The van der Waals surface area contributed by atoms with E-state index in [-0.39, 0.29) is 19.8 Å². The van der Waals surface area contributed by atoms with Crippen molar-refractivity contribution in [2.75, 3.05) is 18.1 Å². The van der Waals surface area contributed by atoms with E-state index < -0.39 is 30.5 Å². The van der Waals surface area contributed by atoms with Gasteiger partial charge in [-0.3, -0.25) is 14.7 Å². The molecule has 9 heteroatoms. The number of hydrogen-bond donors (Lipinski definition) is 1. The molecule has 1 N–H and O–H groups in total. The highest BCUT2D eigenvalue weighted by Gasteiger charge is 2.76. The molecule has 1 saturated heterocycles. The van der Waals surface area contributed by atoms with Crippen LogP contribution in [-0.2, 0) is 35.2 Å². The molecule has 1 fully saturated rings. The van der Waals surface area contributed by atoms with Crippen LogP contribution < -0.4 is 10.2 Å². The van der Waals surface area contributed by atoms with Crippen molar-refractivity contribution >= 4 is 25.3 Å². The summed E-state index contributed by atoms with van der Waals surface area (Å²) in [5, 5.41) is 0.778. The monoisotopic (exact) mass is 444 g/mol. The Balaban J connectivity index is 1.90. The maximum Gasteiger partial charge on any atom is 0.409 e. The second kappa shape index (κ2) is 7.79. The molecule has 164 valence electrons. The number of carbonyl (C=O) groups is 2. The Bertz CT molecular complexity index is 1050. The highest BCUT2D eigenvalue weighted by atomic mass is 31.2. The van der Waals surface area contributed by atoms with Crippen molar-refractivity contribution in [2.24, 2.45) is 0 Å². The van der Waals surface area contributed by atoms with E-state index in [2.05, 4.69) is 5.32 Å². The summed E-state index contributed by atoms with van der Waals surface area (Å²) in [6.45, 7) is 5.17. The zero-order valence-corrected chi connectivity index (χ0v) is 18.6. The standard InChI is InChI=1S/C22H25N2O6P/c1-4-28-31(27,29-5-2)21(3)22(23-20(26)30-21)17-13-9-10-14-18(17)24(19(22)25)15-16-11-7-6-8-12-16/h6-14H,4-5,15H2,1-3H3,(H,23,26)/t21-,22-/m1/s1. The number of para-hydroxylation sites is 1. The summed E-state index contributed by atoms with van der Waals surface area (Å²) >= 11 is 0.